The number of carbonyl (C=O) groups is 3. The molecular formula is C27H40N2O6. The molecule has 2 aliphatic rings. The molecule has 3 rings (SSSR count). The van der Waals surface area contributed by atoms with Crippen LogP contribution in [0.4, 0.5) is 0 Å². The van der Waals surface area contributed by atoms with Crippen LogP contribution in [0.5, 0.6) is 0 Å². The summed E-state index contributed by atoms with van der Waals surface area (Å²) in [5.41, 5.74) is -1.53. The van der Waals surface area contributed by atoms with Gasteiger partial charge in [0.25, 0.3) is 0 Å². The van der Waals surface area contributed by atoms with Gasteiger partial charge in [-0.2, -0.15) is 0 Å². The maximum absolute atomic E-state index is 12.9. The highest BCUT2D eigenvalue weighted by Crippen LogP contribution is 2.47. The first-order chi connectivity index (χ1) is 15.7. The van der Waals surface area contributed by atoms with Crippen molar-refractivity contribution in [2.45, 2.75) is 115 Å². The van der Waals surface area contributed by atoms with Gasteiger partial charge < -0.3 is 26.0 Å². The molecule has 0 aromatic heterocycles. The van der Waals surface area contributed by atoms with Crippen LogP contribution in [-0.4, -0.2) is 55.4 Å². The summed E-state index contributed by atoms with van der Waals surface area (Å²) in [6.45, 7) is 16.2. The molecule has 194 valence electrons. The average Bonchev–Trinajstić information content (AvgIpc) is 2.60. The second-order valence-corrected chi connectivity index (χ2v) is 13.1. The van der Waals surface area contributed by atoms with Crippen molar-refractivity contribution in [3.8, 4) is 0 Å². The third-order valence-electron chi connectivity index (χ3n) is 7.28. The quantitative estimate of drug-likeness (QED) is 0.398. The van der Waals surface area contributed by atoms with Gasteiger partial charge in [-0.1, -0.05) is 0 Å². The van der Waals surface area contributed by atoms with Gasteiger partial charge in [-0.05, 0) is 110 Å². The summed E-state index contributed by atoms with van der Waals surface area (Å²) in [6.07, 6.45) is 2.14. The Morgan fingerprint density at radius 3 is 1.14 bits per heavy atom. The van der Waals surface area contributed by atoms with Gasteiger partial charge in [-0.15, -0.1) is 0 Å². The van der Waals surface area contributed by atoms with Crippen LogP contribution in [-0.2, 0) is 0 Å². The van der Waals surface area contributed by atoms with Crippen molar-refractivity contribution in [2.75, 3.05) is 0 Å². The van der Waals surface area contributed by atoms with Crippen molar-refractivity contribution >= 4 is 17.9 Å². The van der Waals surface area contributed by atoms with E-state index in [0.717, 1.165) is 0 Å². The number of rotatable bonds is 5. The molecule has 35 heavy (non-hydrogen) atoms. The van der Waals surface area contributed by atoms with Crippen LogP contribution in [0.15, 0.2) is 6.07 Å². The van der Waals surface area contributed by atoms with Crippen LogP contribution in [0.1, 0.15) is 135 Å². The Labute approximate surface area is 207 Å². The normalized spacial score (nSPS) is 23.5. The topological polar surface area (TPSA) is 136 Å². The van der Waals surface area contributed by atoms with E-state index in [1.54, 1.807) is 0 Å². The first-order valence-electron chi connectivity index (χ1n) is 12.2. The fourth-order valence-corrected chi connectivity index (χ4v) is 7.20. The number of hydrogen-bond donors (Lipinski definition) is 5. The fourth-order valence-electron chi connectivity index (χ4n) is 7.20. The van der Waals surface area contributed by atoms with Crippen LogP contribution >= 0.6 is 0 Å². The van der Waals surface area contributed by atoms with Crippen LogP contribution in [0.3, 0.4) is 0 Å². The summed E-state index contributed by atoms with van der Waals surface area (Å²) in [5, 5.41) is 37.9. The van der Waals surface area contributed by atoms with E-state index in [1.165, 1.54) is 6.07 Å². The van der Waals surface area contributed by atoms with Crippen molar-refractivity contribution in [2.24, 2.45) is 0 Å². The molecule has 0 spiro atoms. The Morgan fingerprint density at radius 1 is 0.629 bits per heavy atom. The second-order valence-electron chi connectivity index (χ2n) is 13.1. The molecule has 2 aliphatic heterocycles. The van der Waals surface area contributed by atoms with E-state index in [9.17, 15) is 29.7 Å². The maximum Gasteiger partial charge on any atom is 0.336 e. The van der Waals surface area contributed by atoms with Crippen LogP contribution in [0.2, 0.25) is 0 Å². The predicted octanol–water partition coefficient (Wildman–Crippen LogP) is 4.83. The van der Waals surface area contributed by atoms with E-state index in [4.69, 9.17) is 0 Å². The van der Waals surface area contributed by atoms with E-state index in [0.29, 0.717) is 25.7 Å². The van der Waals surface area contributed by atoms with Crippen LogP contribution in [0.25, 0.3) is 0 Å². The average molecular weight is 489 g/mol. The van der Waals surface area contributed by atoms with Gasteiger partial charge in [0.1, 0.15) is 0 Å². The van der Waals surface area contributed by atoms with Gasteiger partial charge in [-0.25, -0.2) is 14.4 Å². The van der Waals surface area contributed by atoms with Crippen molar-refractivity contribution in [1.82, 2.24) is 10.6 Å². The molecule has 0 radical (unpaired) electrons. The molecule has 2 heterocycles. The molecule has 8 nitrogen and oxygen atoms in total. The number of nitrogens with one attached hydrogen (secondary N) is 2. The van der Waals surface area contributed by atoms with Gasteiger partial charge >= 0.3 is 17.9 Å². The maximum atomic E-state index is 12.9. The highest BCUT2D eigenvalue weighted by molar-refractivity contribution is 6.03. The van der Waals surface area contributed by atoms with E-state index >= 15 is 0 Å². The number of carboxylic acid groups (broad SMARTS) is 3. The zero-order valence-electron chi connectivity index (χ0n) is 22.1. The Hall–Kier alpha value is -2.45. The molecule has 0 amide bonds. The Balaban J connectivity index is 2.39. The molecule has 8 heteroatoms. The van der Waals surface area contributed by atoms with Gasteiger partial charge in [0, 0.05) is 22.2 Å². The SMILES string of the molecule is CC1(C)CC(c2c(C(=O)O)cc(C(=O)O)c(C3CC(C)(C)NC(C)(C)C3)c2C(=O)O)CC(C)(C)N1. The highest BCUT2D eigenvalue weighted by atomic mass is 16.4. The molecule has 2 fully saturated rings. The van der Waals surface area contributed by atoms with Crippen molar-refractivity contribution < 1.29 is 29.7 Å². The van der Waals surface area contributed by atoms with Gasteiger partial charge in [-0.3, -0.25) is 0 Å². The molecule has 0 unspecified atom stereocenters. The lowest BCUT2D eigenvalue weighted by Gasteiger charge is -2.48. The van der Waals surface area contributed by atoms with Crippen molar-refractivity contribution in [1.29, 1.82) is 0 Å². The zero-order valence-corrected chi connectivity index (χ0v) is 22.1. The number of piperidine rings is 2. The summed E-state index contributed by atoms with van der Waals surface area (Å²) < 4.78 is 0. The smallest absolute Gasteiger partial charge is 0.336 e. The number of carboxylic acids is 3. The van der Waals surface area contributed by atoms with E-state index in [1.807, 2.05) is 55.4 Å². The summed E-state index contributed by atoms with van der Waals surface area (Å²) in [4.78, 5) is 37.7. The summed E-state index contributed by atoms with van der Waals surface area (Å²) >= 11 is 0. The fraction of sp³-hybridized carbons (Fsp3) is 0.667. The lowest BCUT2D eigenvalue weighted by atomic mass is 9.67. The molecule has 2 saturated heterocycles. The minimum Gasteiger partial charge on any atom is -0.478 e. The van der Waals surface area contributed by atoms with Gasteiger partial charge in [0.05, 0.1) is 16.7 Å². The highest BCUT2D eigenvalue weighted by Gasteiger charge is 2.45. The second kappa shape index (κ2) is 8.59. The van der Waals surface area contributed by atoms with Crippen LogP contribution in [0, 0.1) is 0 Å². The number of hydrogen-bond acceptors (Lipinski definition) is 5. The zero-order chi connectivity index (χ0) is 26.7. The summed E-state index contributed by atoms with van der Waals surface area (Å²) in [7, 11) is 0. The Bertz CT molecular complexity index is 964. The standard InChI is InChI=1S/C27H40N2O6/c1-24(2)10-14(11-25(3,4)28-24)18-16(21(30)31)9-17(22(32)33)19(20(18)23(34)35)15-12-26(5,6)29-27(7,8)13-15/h9,14-15,28-29H,10-13H2,1-8H3,(H,30,31)(H,32,33)(H,34,35). The largest absolute Gasteiger partial charge is 0.478 e. The van der Waals surface area contributed by atoms with E-state index < -0.39 is 17.9 Å². The first kappa shape index (κ1) is 27.1. The lowest BCUT2D eigenvalue weighted by Crippen LogP contribution is -2.57. The number of benzene rings is 1. The molecule has 0 atom stereocenters. The monoisotopic (exact) mass is 488 g/mol. The molecule has 0 bridgehead atoms. The molecular weight excluding hydrogens is 448 g/mol. The van der Waals surface area contributed by atoms with Crippen LogP contribution < -0.4 is 10.6 Å². The minimum atomic E-state index is -1.31. The van der Waals surface area contributed by atoms with Gasteiger partial charge in [0.15, 0.2) is 0 Å². The van der Waals surface area contributed by atoms with Crippen molar-refractivity contribution in [3.63, 3.8) is 0 Å². The summed E-state index contributed by atoms with van der Waals surface area (Å²) in [5.74, 6) is -4.61. The van der Waals surface area contributed by atoms with E-state index in [2.05, 4.69) is 10.6 Å². The molecule has 1 aromatic carbocycles. The molecule has 0 aliphatic carbocycles. The lowest BCUT2D eigenvalue weighted by molar-refractivity contribution is 0.0682. The minimum absolute atomic E-state index is 0.140. The third kappa shape index (κ3) is 5.70. The Morgan fingerprint density at radius 2 is 0.914 bits per heavy atom. The van der Waals surface area contributed by atoms with Crippen molar-refractivity contribution in [3.05, 3.63) is 33.9 Å². The Kier molecular flexibility index (Phi) is 6.66. The number of aromatic carboxylic acids is 3. The van der Waals surface area contributed by atoms with Gasteiger partial charge in [0.2, 0.25) is 0 Å². The van der Waals surface area contributed by atoms with E-state index in [-0.39, 0.29) is 61.8 Å². The third-order valence-corrected chi connectivity index (χ3v) is 7.28. The predicted molar refractivity (Wildman–Crippen MR) is 134 cm³/mol. The first-order valence-corrected chi connectivity index (χ1v) is 12.2. The molecule has 5 N–H and O–H groups in total. The molecule has 0 saturated carbocycles. The summed E-state index contributed by atoms with van der Waals surface area (Å²) in [6, 6.07) is 1.20. The molecule has 1 aromatic rings.